The minimum Gasteiger partial charge on any atom is -0.364 e. The highest BCUT2D eigenvalue weighted by Gasteiger charge is 2.60. The van der Waals surface area contributed by atoms with E-state index in [0.29, 0.717) is 11.1 Å². The molecule has 2 aromatic carbocycles. The SMILES string of the molecule is CCC1OC1(CC)C(C)N1C(=O)c2cccc3cccc(c23)C1=O. The molecule has 2 amide bonds. The first-order valence-corrected chi connectivity index (χ1v) is 8.62. The highest BCUT2D eigenvalue weighted by molar-refractivity contribution is 6.25. The minimum absolute atomic E-state index is 0.117. The highest BCUT2D eigenvalue weighted by atomic mass is 16.6. The van der Waals surface area contributed by atoms with Crippen LogP contribution in [0.5, 0.6) is 0 Å². The number of carbonyl (C=O) groups is 2. The second kappa shape index (κ2) is 5.15. The summed E-state index contributed by atoms with van der Waals surface area (Å²) in [6, 6.07) is 11.0. The number of hydrogen-bond donors (Lipinski definition) is 0. The van der Waals surface area contributed by atoms with Crippen LogP contribution in [0.25, 0.3) is 10.8 Å². The predicted octanol–water partition coefficient (Wildman–Crippen LogP) is 3.78. The Morgan fingerprint density at radius 3 is 2.12 bits per heavy atom. The van der Waals surface area contributed by atoms with Crippen molar-refractivity contribution in [2.75, 3.05) is 0 Å². The molecule has 124 valence electrons. The molecule has 0 aromatic heterocycles. The van der Waals surface area contributed by atoms with Gasteiger partial charge in [0.25, 0.3) is 11.8 Å². The van der Waals surface area contributed by atoms with Crippen LogP contribution in [-0.4, -0.2) is 34.5 Å². The lowest BCUT2D eigenvalue weighted by molar-refractivity contribution is 0.0457. The van der Waals surface area contributed by atoms with Crippen molar-refractivity contribution in [1.82, 2.24) is 4.90 Å². The summed E-state index contributed by atoms with van der Waals surface area (Å²) < 4.78 is 5.93. The van der Waals surface area contributed by atoms with E-state index in [1.807, 2.05) is 43.3 Å². The van der Waals surface area contributed by atoms with Crippen molar-refractivity contribution in [3.05, 3.63) is 47.5 Å². The lowest BCUT2D eigenvalue weighted by Crippen LogP contribution is -2.52. The molecule has 24 heavy (non-hydrogen) atoms. The Balaban J connectivity index is 1.83. The quantitative estimate of drug-likeness (QED) is 0.635. The van der Waals surface area contributed by atoms with Crippen LogP contribution in [0.15, 0.2) is 36.4 Å². The number of epoxide rings is 1. The predicted molar refractivity (Wildman–Crippen MR) is 92.1 cm³/mol. The number of ether oxygens (including phenoxy) is 1. The van der Waals surface area contributed by atoms with Gasteiger partial charge in [-0.15, -0.1) is 0 Å². The number of benzene rings is 2. The Kier molecular flexibility index (Phi) is 3.29. The molecule has 4 nitrogen and oxygen atoms in total. The monoisotopic (exact) mass is 323 g/mol. The van der Waals surface area contributed by atoms with Gasteiger partial charge < -0.3 is 4.74 Å². The Morgan fingerprint density at radius 2 is 1.67 bits per heavy atom. The van der Waals surface area contributed by atoms with Crippen molar-refractivity contribution >= 4 is 22.6 Å². The van der Waals surface area contributed by atoms with Crippen LogP contribution >= 0.6 is 0 Å². The Bertz CT molecular complexity index is 808. The van der Waals surface area contributed by atoms with Gasteiger partial charge in [0, 0.05) is 16.5 Å². The summed E-state index contributed by atoms with van der Waals surface area (Å²) in [5, 5.41) is 1.70. The molecule has 2 aliphatic rings. The van der Waals surface area contributed by atoms with Gasteiger partial charge in [-0.3, -0.25) is 14.5 Å². The smallest absolute Gasteiger partial charge is 0.261 e. The Labute approximate surface area is 141 Å². The normalized spacial score (nSPS) is 26.8. The van der Waals surface area contributed by atoms with Crippen LogP contribution in [0.1, 0.15) is 54.3 Å². The van der Waals surface area contributed by atoms with Gasteiger partial charge in [0.2, 0.25) is 0 Å². The average Bonchev–Trinajstić information content (AvgIpc) is 3.34. The molecule has 2 aliphatic heterocycles. The van der Waals surface area contributed by atoms with E-state index in [-0.39, 0.29) is 24.0 Å². The van der Waals surface area contributed by atoms with E-state index in [2.05, 4.69) is 13.8 Å². The summed E-state index contributed by atoms with van der Waals surface area (Å²) in [7, 11) is 0. The third kappa shape index (κ3) is 1.83. The fourth-order valence-corrected chi connectivity index (χ4v) is 4.25. The topological polar surface area (TPSA) is 49.9 Å². The first kappa shape index (κ1) is 15.3. The molecule has 2 heterocycles. The standard InChI is InChI=1S/C20H21NO3/c1-4-16-20(5-2,24-16)12(3)21-18(22)14-10-6-8-13-9-7-11-15(17(13)14)19(21)23/h6-12,16H,4-5H2,1-3H3. The maximum Gasteiger partial charge on any atom is 0.261 e. The van der Waals surface area contributed by atoms with Crippen molar-refractivity contribution in [3.63, 3.8) is 0 Å². The minimum atomic E-state index is -0.403. The molecule has 0 spiro atoms. The summed E-state index contributed by atoms with van der Waals surface area (Å²) >= 11 is 0. The molecular formula is C20H21NO3. The first-order valence-electron chi connectivity index (χ1n) is 8.62. The fourth-order valence-electron chi connectivity index (χ4n) is 4.25. The third-order valence-electron chi connectivity index (χ3n) is 5.67. The van der Waals surface area contributed by atoms with Gasteiger partial charge in [0.1, 0.15) is 5.60 Å². The number of nitrogens with zero attached hydrogens (tertiary/aromatic N) is 1. The maximum atomic E-state index is 13.1. The molecule has 0 radical (unpaired) electrons. The first-order chi connectivity index (χ1) is 11.5. The van der Waals surface area contributed by atoms with E-state index in [9.17, 15) is 9.59 Å². The van der Waals surface area contributed by atoms with Gasteiger partial charge in [0.15, 0.2) is 0 Å². The van der Waals surface area contributed by atoms with Gasteiger partial charge >= 0.3 is 0 Å². The zero-order valence-corrected chi connectivity index (χ0v) is 14.2. The van der Waals surface area contributed by atoms with E-state index >= 15 is 0 Å². The molecule has 2 aromatic rings. The van der Waals surface area contributed by atoms with Crippen LogP contribution < -0.4 is 0 Å². The number of rotatable bonds is 4. The maximum absolute atomic E-state index is 13.1. The lowest BCUT2D eigenvalue weighted by Gasteiger charge is -2.35. The van der Waals surface area contributed by atoms with E-state index < -0.39 is 5.60 Å². The van der Waals surface area contributed by atoms with E-state index in [0.717, 1.165) is 23.6 Å². The van der Waals surface area contributed by atoms with Crippen LogP contribution in [0.3, 0.4) is 0 Å². The van der Waals surface area contributed by atoms with Crippen molar-refractivity contribution in [1.29, 1.82) is 0 Å². The van der Waals surface area contributed by atoms with Gasteiger partial charge in [-0.05, 0) is 37.3 Å². The highest BCUT2D eigenvalue weighted by Crippen LogP contribution is 2.47. The third-order valence-corrected chi connectivity index (χ3v) is 5.67. The lowest BCUT2D eigenvalue weighted by atomic mass is 9.87. The van der Waals surface area contributed by atoms with Crippen LogP contribution in [-0.2, 0) is 4.74 Å². The Hall–Kier alpha value is -2.20. The second-order valence-electron chi connectivity index (χ2n) is 6.69. The summed E-state index contributed by atoms with van der Waals surface area (Å²) in [4.78, 5) is 27.6. The molecule has 4 heteroatoms. The van der Waals surface area contributed by atoms with Crippen molar-refractivity contribution in [3.8, 4) is 0 Å². The van der Waals surface area contributed by atoms with Gasteiger partial charge in [-0.1, -0.05) is 38.1 Å². The van der Waals surface area contributed by atoms with Gasteiger partial charge in [0.05, 0.1) is 12.1 Å². The number of amides is 2. The number of hydrogen-bond acceptors (Lipinski definition) is 3. The molecule has 1 saturated heterocycles. The van der Waals surface area contributed by atoms with E-state index in [4.69, 9.17) is 4.74 Å². The van der Waals surface area contributed by atoms with Gasteiger partial charge in [-0.2, -0.15) is 0 Å². The molecule has 0 aliphatic carbocycles. The fraction of sp³-hybridized carbons (Fsp3) is 0.400. The molecule has 4 rings (SSSR count). The summed E-state index contributed by atoms with van der Waals surface area (Å²) in [6.07, 6.45) is 1.79. The molecule has 0 bridgehead atoms. The van der Waals surface area contributed by atoms with Crippen LogP contribution in [0.2, 0.25) is 0 Å². The van der Waals surface area contributed by atoms with Crippen molar-refractivity contribution in [2.24, 2.45) is 0 Å². The van der Waals surface area contributed by atoms with E-state index in [1.54, 1.807) is 0 Å². The summed E-state index contributed by atoms with van der Waals surface area (Å²) in [5.41, 5.74) is 0.810. The average molecular weight is 323 g/mol. The molecule has 3 atom stereocenters. The Morgan fingerprint density at radius 1 is 1.08 bits per heavy atom. The summed E-state index contributed by atoms with van der Waals surface area (Å²) in [5.74, 6) is -0.426. The largest absolute Gasteiger partial charge is 0.364 e. The number of carbonyl (C=O) groups excluding carboxylic acids is 2. The number of imide groups is 1. The zero-order chi connectivity index (χ0) is 17.1. The van der Waals surface area contributed by atoms with Gasteiger partial charge in [-0.25, -0.2) is 0 Å². The second-order valence-corrected chi connectivity index (χ2v) is 6.69. The molecule has 3 unspecified atom stereocenters. The molecule has 1 fully saturated rings. The zero-order valence-electron chi connectivity index (χ0n) is 14.2. The molecule has 0 saturated carbocycles. The van der Waals surface area contributed by atoms with Crippen molar-refractivity contribution < 1.29 is 14.3 Å². The summed E-state index contributed by atoms with van der Waals surface area (Å²) in [6.45, 7) is 6.06. The van der Waals surface area contributed by atoms with E-state index in [1.165, 1.54) is 4.90 Å². The van der Waals surface area contributed by atoms with Crippen LogP contribution in [0.4, 0.5) is 0 Å². The molecule has 0 N–H and O–H groups in total. The molecular weight excluding hydrogens is 302 g/mol. The van der Waals surface area contributed by atoms with Crippen LogP contribution in [0, 0.1) is 0 Å². The van der Waals surface area contributed by atoms with Crippen molar-refractivity contribution in [2.45, 2.75) is 51.4 Å².